The van der Waals surface area contributed by atoms with Crippen molar-refractivity contribution in [3.63, 3.8) is 0 Å². The molecule has 0 spiro atoms. The van der Waals surface area contributed by atoms with Gasteiger partial charge in [0.2, 0.25) is 0 Å². The van der Waals surface area contributed by atoms with Crippen molar-refractivity contribution >= 4 is 11.6 Å². The van der Waals surface area contributed by atoms with Crippen LogP contribution in [0.5, 0.6) is 5.75 Å². The summed E-state index contributed by atoms with van der Waals surface area (Å²) in [6, 6.07) is 5.08. The van der Waals surface area contributed by atoms with Gasteiger partial charge in [0, 0.05) is 12.2 Å². The molecule has 4 nitrogen and oxygen atoms in total. The molecule has 1 aromatic carbocycles. The molecule has 0 aromatic heterocycles. The number of carbonyl (C=O) groups is 1. The Hall–Kier alpha value is -1.71. The minimum Gasteiger partial charge on any atom is -0.497 e. The third-order valence-electron chi connectivity index (χ3n) is 3.77. The van der Waals surface area contributed by atoms with Crippen LogP contribution in [0.2, 0.25) is 0 Å². The van der Waals surface area contributed by atoms with Gasteiger partial charge in [0.15, 0.2) is 0 Å². The molecule has 0 fully saturated rings. The summed E-state index contributed by atoms with van der Waals surface area (Å²) in [7, 11) is 1.56. The highest BCUT2D eigenvalue weighted by molar-refractivity contribution is 5.99. The van der Waals surface area contributed by atoms with Crippen molar-refractivity contribution in [1.82, 2.24) is 5.32 Å². The summed E-state index contributed by atoms with van der Waals surface area (Å²) in [4.78, 5) is 12.2. The maximum Gasteiger partial charge on any atom is 0.253 e. The lowest BCUT2D eigenvalue weighted by atomic mass is 9.81. The van der Waals surface area contributed by atoms with E-state index in [1.54, 1.807) is 25.3 Å². The largest absolute Gasteiger partial charge is 0.497 e. The molecule has 0 heterocycles. The number of benzene rings is 1. The first-order chi connectivity index (χ1) is 8.77. The highest BCUT2D eigenvalue weighted by atomic mass is 16.5. The number of amides is 1. The fraction of sp³-hybridized carbons (Fsp3) is 0.533. The van der Waals surface area contributed by atoms with E-state index in [1.165, 1.54) is 0 Å². The van der Waals surface area contributed by atoms with E-state index in [2.05, 4.69) is 33.0 Å². The lowest BCUT2D eigenvalue weighted by Crippen LogP contribution is -2.37. The van der Waals surface area contributed by atoms with Gasteiger partial charge in [-0.25, -0.2) is 0 Å². The Morgan fingerprint density at radius 1 is 1.42 bits per heavy atom. The fourth-order valence-corrected chi connectivity index (χ4v) is 1.47. The van der Waals surface area contributed by atoms with E-state index in [9.17, 15) is 4.79 Å². The van der Waals surface area contributed by atoms with Crippen molar-refractivity contribution in [2.24, 2.45) is 11.3 Å². The minimum absolute atomic E-state index is 0.0449. The number of anilines is 1. The van der Waals surface area contributed by atoms with E-state index in [-0.39, 0.29) is 11.3 Å². The van der Waals surface area contributed by atoms with E-state index in [0.29, 0.717) is 29.5 Å². The number of rotatable bonds is 5. The second-order valence-electron chi connectivity index (χ2n) is 5.78. The molecule has 0 bridgehead atoms. The first-order valence-corrected chi connectivity index (χ1v) is 6.49. The predicted molar refractivity (Wildman–Crippen MR) is 78.4 cm³/mol. The monoisotopic (exact) mass is 264 g/mol. The van der Waals surface area contributed by atoms with Crippen LogP contribution in [-0.2, 0) is 0 Å². The third kappa shape index (κ3) is 3.88. The van der Waals surface area contributed by atoms with Crippen LogP contribution in [0.4, 0.5) is 5.69 Å². The minimum atomic E-state index is -0.162. The normalized spacial score (nSPS) is 11.5. The quantitative estimate of drug-likeness (QED) is 0.804. The molecule has 19 heavy (non-hydrogen) atoms. The predicted octanol–water partition coefficient (Wildman–Crippen LogP) is 2.69. The lowest BCUT2D eigenvalue weighted by molar-refractivity contribution is 0.0925. The van der Waals surface area contributed by atoms with Gasteiger partial charge < -0.3 is 15.8 Å². The SMILES string of the molecule is COc1ccc(N)c(C(=O)NCC(C)(C)C(C)C)c1. The summed E-state index contributed by atoms with van der Waals surface area (Å²) >= 11 is 0. The zero-order chi connectivity index (χ0) is 14.6. The van der Waals surface area contributed by atoms with Crippen LogP contribution in [0, 0.1) is 11.3 Å². The van der Waals surface area contributed by atoms with Crippen molar-refractivity contribution in [1.29, 1.82) is 0 Å². The van der Waals surface area contributed by atoms with Crippen molar-refractivity contribution in [2.45, 2.75) is 27.7 Å². The van der Waals surface area contributed by atoms with Crippen LogP contribution in [0.1, 0.15) is 38.1 Å². The Labute approximate surface area is 115 Å². The molecule has 0 aliphatic carbocycles. The van der Waals surface area contributed by atoms with Gasteiger partial charge in [0.05, 0.1) is 12.7 Å². The first kappa shape index (κ1) is 15.3. The van der Waals surface area contributed by atoms with Crippen molar-refractivity contribution in [3.8, 4) is 5.75 Å². The molecule has 0 saturated carbocycles. The van der Waals surface area contributed by atoms with Crippen LogP contribution in [0.15, 0.2) is 18.2 Å². The number of nitrogen functional groups attached to an aromatic ring is 1. The van der Waals surface area contributed by atoms with Gasteiger partial charge in [-0.1, -0.05) is 27.7 Å². The number of ether oxygens (including phenoxy) is 1. The topological polar surface area (TPSA) is 64.3 Å². The van der Waals surface area contributed by atoms with E-state index >= 15 is 0 Å². The average molecular weight is 264 g/mol. The zero-order valence-corrected chi connectivity index (χ0v) is 12.4. The van der Waals surface area contributed by atoms with Crippen molar-refractivity contribution in [2.75, 3.05) is 19.4 Å². The smallest absolute Gasteiger partial charge is 0.253 e. The van der Waals surface area contributed by atoms with Gasteiger partial charge in [0.1, 0.15) is 5.75 Å². The number of nitrogens with two attached hydrogens (primary N) is 1. The Balaban J connectivity index is 2.79. The van der Waals surface area contributed by atoms with Gasteiger partial charge in [0.25, 0.3) is 5.91 Å². The molecular formula is C15H24N2O2. The molecular weight excluding hydrogens is 240 g/mol. The number of methoxy groups -OCH3 is 1. The van der Waals surface area contributed by atoms with Crippen LogP contribution >= 0.6 is 0 Å². The van der Waals surface area contributed by atoms with Crippen LogP contribution in [0.3, 0.4) is 0 Å². The second kappa shape index (κ2) is 5.95. The fourth-order valence-electron chi connectivity index (χ4n) is 1.47. The number of hydrogen-bond donors (Lipinski definition) is 2. The molecule has 1 aromatic rings. The third-order valence-corrected chi connectivity index (χ3v) is 3.77. The van der Waals surface area contributed by atoms with Crippen LogP contribution in [0.25, 0.3) is 0 Å². The summed E-state index contributed by atoms with van der Waals surface area (Å²) in [6.07, 6.45) is 0. The standard InChI is InChI=1S/C15H24N2O2/c1-10(2)15(3,4)9-17-14(18)12-8-11(19-5)6-7-13(12)16/h6-8,10H,9,16H2,1-5H3,(H,17,18). The van der Waals surface area contributed by atoms with Crippen LogP contribution in [-0.4, -0.2) is 19.6 Å². The Morgan fingerprint density at radius 3 is 2.58 bits per heavy atom. The Kier molecular flexibility index (Phi) is 4.81. The van der Waals surface area contributed by atoms with Crippen molar-refractivity contribution < 1.29 is 9.53 Å². The van der Waals surface area contributed by atoms with E-state index in [4.69, 9.17) is 10.5 Å². The summed E-state index contributed by atoms with van der Waals surface area (Å²) in [5.74, 6) is 0.947. The van der Waals surface area contributed by atoms with E-state index in [0.717, 1.165) is 0 Å². The molecule has 106 valence electrons. The summed E-state index contributed by atoms with van der Waals surface area (Å²) < 4.78 is 5.11. The summed E-state index contributed by atoms with van der Waals surface area (Å²) in [5.41, 5.74) is 6.79. The Bertz CT molecular complexity index is 453. The van der Waals surface area contributed by atoms with Crippen LogP contribution < -0.4 is 15.8 Å². The van der Waals surface area contributed by atoms with Gasteiger partial charge in [-0.2, -0.15) is 0 Å². The number of carbonyl (C=O) groups excluding carboxylic acids is 1. The highest BCUT2D eigenvalue weighted by Gasteiger charge is 2.23. The van der Waals surface area contributed by atoms with E-state index < -0.39 is 0 Å². The van der Waals surface area contributed by atoms with Crippen molar-refractivity contribution in [3.05, 3.63) is 23.8 Å². The molecule has 0 unspecified atom stereocenters. The molecule has 1 amide bonds. The molecule has 1 rings (SSSR count). The van der Waals surface area contributed by atoms with Gasteiger partial charge in [-0.3, -0.25) is 4.79 Å². The first-order valence-electron chi connectivity index (χ1n) is 6.49. The zero-order valence-electron chi connectivity index (χ0n) is 12.4. The molecule has 0 atom stereocenters. The number of nitrogens with one attached hydrogen (secondary N) is 1. The lowest BCUT2D eigenvalue weighted by Gasteiger charge is -2.29. The maximum absolute atomic E-state index is 12.2. The van der Waals surface area contributed by atoms with E-state index in [1.807, 2.05) is 0 Å². The summed E-state index contributed by atoms with van der Waals surface area (Å²) in [6.45, 7) is 9.16. The average Bonchev–Trinajstić information content (AvgIpc) is 2.36. The molecule has 0 saturated heterocycles. The Morgan fingerprint density at radius 2 is 2.05 bits per heavy atom. The summed E-state index contributed by atoms with van der Waals surface area (Å²) in [5, 5.41) is 2.94. The second-order valence-corrected chi connectivity index (χ2v) is 5.78. The maximum atomic E-state index is 12.2. The van der Waals surface area contributed by atoms with Gasteiger partial charge >= 0.3 is 0 Å². The highest BCUT2D eigenvalue weighted by Crippen LogP contribution is 2.25. The molecule has 0 aliphatic heterocycles. The molecule has 3 N–H and O–H groups in total. The molecule has 4 heteroatoms. The molecule has 0 aliphatic rings. The number of hydrogen-bond acceptors (Lipinski definition) is 3. The van der Waals surface area contributed by atoms with Gasteiger partial charge in [-0.15, -0.1) is 0 Å². The van der Waals surface area contributed by atoms with Gasteiger partial charge in [-0.05, 0) is 29.5 Å². The molecule has 0 radical (unpaired) electrons.